The summed E-state index contributed by atoms with van der Waals surface area (Å²) in [6.45, 7) is 2.14. The minimum atomic E-state index is 0.259. The van der Waals surface area contributed by atoms with Crippen LogP contribution in [0, 0.1) is 0 Å². The van der Waals surface area contributed by atoms with E-state index in [-0.39, 0.29) is 5.25 Å². The normalized spacial score (nSPS) is 11.9. The number of thioether (sulfide) groups is 1. The predicted octanol–water partition coefficient (Wildman–Crippen LogP) is 5.12. The van der Waals surface area contributed by atoms with Gasteiger partial charge in [-0.15, -0.1) is 11.8 Å². The molecule has 3 nitrogen and oxygen atoms in total. The highest BCUT2D eigenvalue weighted by atomic mass is 32.2. The highest BCUT2D eigenvalue weighted by molar-refractivity contribution is 7.99. The molecule has 0 aliphatic carbocycles. The Morgan fingerprint density at radius 2 is 1.77 bits per heavy atom. The molecule has 0 fully saturated rings. The Morgan fingerprint density at radius 1 is 0.955 bits per heavy atom. The third-order valence-corrected chi connectivity index (χ3v) is 4.17. The van der Waals surface area contributed by atoms with Crippen molar-refractivity contribution in [3.63, 3.8) is 0 Å². The minimum absolute atomic E-state index is 0.259. The van der Waals surface area contributed by atoms with Crippen molar-refractivity contribution in [2.45, 2.75) is 17.1 Å². The van der Waals surface area contributed by atoms with E-state index in [4.69, 9.17) is 4.74 Å². The molecule has 0 aliphatic rings. The summed E-state index contributed by atoms with van der Waals surface area (Å²) in [7, 11) is 0. The Kier molecular flexibility index (Phi) is 4.71. The van der Waals surface area contributed by atoms with Crippen molar-refractivity contribution in [1.29, 1.82) is 0 Å². The molecule has 0 bridgehead atoms. The van der Waals surface area contributed by atoms with Gasteiger partial charge in [0, 0.05) is 22.5 Å². The van der Waals surface area contributed by atoms with Gasteiger partial charge in [0.2, 0.25) is 0 Å². The Balaban J connectivity index is 1.71. The fourth-order valence-corrected chi connectivity index (χ4v) is 3.00. The first-order chi connectivity index (χ1) is 10.8. The van der Waals surface area contributed by atoms with Crippen molar-refractivity contribution in [3.05, 3.63) is 78.9 Å². The van der Waals surface area contributed by atoms with Crippen molar-refractivity contribution >= 4 is 11.8 Å². The molecule has 0 N–H and O–H groups in total. The SMILES string of the molecule is CC(Sc1cncc(Oc2ccccc2)c1)c1ccccn1. The van der Waals surface area contributed by atoms with E-state index >= 15 is 0 Å². The molecular weight excluding hydrogens is 292 g/mol. The zero-order valence-electron chi connectivity index (χ0n) is 12.2. The first-order valence-electron chi connectivity index (χ1n) is 7.07. The standard InChI is InChI=1S/C18H16N2OS/c1-14(18-9-5-6-10-20-18)22-17-11-16(12-19-13-17)21-15-7-3-2-4-8-15/h2-14H,1H3. The molecule has 1 aromatic carbocycles. The number of nitrogens with zero attached hydrogens (tertiary/aromatic N) is 2. The maximum atomic E-state index is 5.81. The second-order valence-corrected chi connectivity index (χ2v) is 6.20. The number of aromatic nitrogens is 2. The lowest BCUT2D eigenvalue weighted by Crippen LogP contribution is -1.92. The highest BCUT2D eigenvalue weighted by Gasteiger charge is 2.09. The molecule has 0 aliphatic heterocycles. The lowest BCUT2D eigenvalue weighted by molar-refractivity contribution is 0.478. The molecule has 110 valence electrons. The van der Waals surface area contributed by atoms with Gasteiger partial charge in [0.1, 0.15) is 11.5 Å². The van der Waals surface area contributed by atoms with Crippen LogP contribution in [0.2, 0.25) is 0 Å². The van der Waals surface area contributed by atoms with Crippen molar-refractivity contribution in [3.8, 4) is 11.5 Å². The molecule has 3 aromatic rings. The van der Waals surface area contributed by atoms with Gasteiger partial charge in [-0.2, -0.15) is 0 Å². The second-order valence-electron chi connectivity index (χ2n) is 4.79. The minimum Gasteiger partial charge on any atom is -0.456 e. The summed E-state index contributed by atoms with van der Waals surface area (Å²) in [6, 6.07) is 17.7. The van der Waals surface area contributed by atoms with Gasteiger partial charge < -0.3 is 4.74 Å². The molecule has 0 saturated heterocycles. The average molecular weight is 308 g/mol. The molecule has 2 heterocycles. The number of benzene rings is 1. The van der Waals surface area contributed by atoms with Crippen LogP contribution in [0.15, 0.2) is 78.1 Å². The van der Waals surface area contributed by atoms with Crippen LogP contribution in [0.5, 0.6) is 11.5 Å². The number of para-hydroxylation sites is 1. The molecule has 0 saturated carbocycles. The largest absolute Gasteiger partial charge is 0.456 e. The maximum Gasteiger partial charge on any atom is 0.146 e. The molecule has 0 radical (unpaired) electrons. The van der Waals surface area contributed by atoms with Crippen molar-refractivity contribution < 1.29 is 4.74 Å². The predicted molar refractivity (Wildman–Crippen MR) is 89.3 cm³/mol. The van der Waals surface area contributed by atoms with E-state index in [2.05, 4.69) is 16.9 Å². The van der Waals surface area contributed by atoms with E-state index in [9.17, 15) is 0 Å². The first-order valence-corrected chi connectivity index (χ1v) is 7.95. The van der Waals surface area contributed by atoms with Gasteiger partial charge in [-0.3, -0.25) is 9.97 Å². The summed E-state index contributed by atoms with van der Waals surface area (Å²) in [5.41, 5.74) is 1.06. The molecule has 1 unspecified atom stereocenters. The summed E-state index contributed by atoms with van der Waals surface area (Å²) < 4.78 is 5.81. The van der Waals surface area contributed by atoms with E-state index in [0.29, 0.717) is 0 Å². The van der Waals surface area contributed by atoms with Gasteiger partial charge in [-0.05, 0) is 37.3 Å². The number of rotatable bonds is 5. The monoisotopic (exact) mass is 308 g/mol. The van der Waals surface area contributed by atoms with Crippen molar-refractivity contribution in [1.82, 2.24) is 9.97 Å². The van der Waals surface area contributed by atoms with E-state index in [1.165, 1.54) is 0 Å². The van der Waals surface area contributed by atoms with E-state index in [0.717, 1.165) is 22.1 Å². The summed E-state index contributed by atoms with van der Waals surface area (Å²) in [5, 5.41) is 0.259. The topological polar surface area (TPSA) is 35.0 Å². The lowest BCUT2D eigenvalue weighted by Gasteiger charge is -2.11. The van der Waals surface area contributed by atoms with Gasteiger partial charge in [-0.1, -0.05) is 24.3 Å². The zero-order valence-corrected chi connectivity index (χ0v) is 13.0. The maximum absolute atomic E-state index is 5.81. The number of hydrogen-bond donors (Lipinski definition) is 0. The smallest absolute Gasteiger partial charge is 0.146 e. The molecule has 22 heavy (non-hydrogen) atoms. The summed E-state index contributed by atoms with van der Waals surface area (Å²) in [6.07, 6.45) is 5.39. The van der Waals surface area contributed by atoms with Crippen LogP contribution in [0.1, 0.15) is 17.9 Å². The molecule has 0 amide bonds. The Bertz CT molecular complexity index is 719. The van der Waals surface area contributed by atoms with Crippen molar-refractivity contribution in [2.75, 3.05) is 0 Å². The summed E-state index contributed by atoms with van der Waals surface area (Å²) in [5.74, 6) is 1.55. The third kappa shape index (κ3) is 3.86. The fraction of sp³-hybridized carbons (Fsp3) is 0.111. The number of ether oxygens (including phenoxy) is 1. The zero-order chi connectivity index (χ0) is 15.2. The van der Waals surface area contributed by atoms with E-state index in [1.807, 2.05) is 67.0 Å². The van der Waals surface area contributed by atoms with Gasteiger partial charge >= 0.3 is 0 Å². The Hall–Kier alpha value is -2.33. The lowest BCUT2D eigenvalue weighted by atomic mass is 10.3. The van der Waals surface area contributed by atoms with Crippen LogP contribution in [-0.4, -0.2) is 9.97 Å². The van der Waals surface area contributed by atoms with E-state index in [1.54, 1.807) is 18.0 Å². The van der Waals surface area contributed by atoms with Gasteiger partial charge in [0.05, 0.1) is 11.9 Å². The van der Waals surface area contributed by atoms with Crippen LogP contribution in [0.25, 0.3) is 0 Å². The van der Waals surface area contributed by atoms with Crippen LogP contribution in [0.3, 0.4) is 0 Å². The molecule has 1 atom stereocenters. The molecular formula is C18H16N2OS. The number of hydrogen-bond acceptors (Lipinski definition) is 4. The van der Waals surface area contributed by atoms with Crippen LogP contribution in [-0.2, 0) is 0 Å². The van der Waals surface area contributed by atoms with Crippen LogP contribution in [0.4, 0.5) is 0 Å². The Morgan fingerprint density at radius 3 is 2.55 bits per heavy atom. The Labute approximate surface area is 134 Å². The molecule has 4 heteroatoms. The van der Waals surface area contributed by atoms with Crippen LogP contribution >= 0.6 is 11.8 Å². The van der Waals surface area contributed by atoms with Gasteiger partial charge in [-0.25, -0.2) is 0 Å². The molecule has 2 aromatic heterocycles. The molecule has 3 rings (SSSR count). The average Bonchev–Trinajstić information content (AvgIpc) is 2.57. The first kappa shape index (κ1) is 14.6. The van der Waals surface area contributed by atoms with E-state index < -0.39 is 0 Å². The quantitative estimate of drug-likeness (QED) is 0.613. The fourth-order valence-electron chi connectivity index (χ4n) is 2.02. The summed E-state index contributed by atoms with van der Waals surface area (Å²) in [4.78, 5) is 9.72. The second kappa shape index (κ2) is 7.09. The van der Waals surface area contributed by atoms with Gasteiger partial charge in [0.25, 0.3) is 0 Å². The molecule has 0 spiro atoms. The summed E-state index contributed by atoms with van der Waals surface area (Å²) >= 11 is 1.72. The third-order valence-electron chi connectivity index (χ3n) is 3.08. The van der Waals surface area contributed by atoms with Crippen molar-refractivity contribution in [2.24, 2.45) is 0 Å². The highest BCUT2D eigenvalue weighted by Crippen LogP contribution is 2.35. The number of pyridine rings is 2. The van der Waals surface area contributed by atoms with Gasteiger partial charge in [0.15, 0.2) is 0 Å². The van der Waals surface area contributed by atoms with Crippen LogP contribution < -0.4 is 4.74 Å².